The number of nitrogens with zero attached hydrogens (tertiary/aromatic N) is 2. The highest BCUT2D eigenvalue weighted by Gasteiger charge is 2.15. The molecule has 1 aromatic rings. The van der Waals surface area contributed by atoms with Crippen molar-refractivity contribution in [1.82, 2.24) is 4.98 Å². The van der Waals surface area contributed by atoms with Crippen molar-refractivity contribution < 1.29 is 15.1 Å². The standard InChI is InChI=1S/C8H8N2O4/c11-5-1-2-6-3-4-7(12)8(9-6)10(13)14/h1-4,11-12H,5H2. The van der Waals surface area contributed by atoms with Crippen LogP contribution in [0.25, 0.3) is 6.08 Å². The van der Waals surface area contributed by atoms with Crippen LogP contribution in [0.3, 0.4) is 0 Å². The van der Waals surface area contributed by atoms with Gasteiger partial charge in [-0.25, -0.2) is 0 Å². The molecule has 0 amide bonds. The molecule has 2 N–H and O–H groups in total. The first-order valence-electron chi connectivity index (χ1n) is 3.77. The third-order valence-corrected chi connectivity index (χ3v) is 1.44. The number of nitro groups is 1. The number of aromatic hydroxyl groups is 1. The Morgan fingerprint density at radius 3 is 2.86 bits per heavy atom. The maximum atomic E-state index is 10.4. The number of aliphatic hydroxyl groups is 1. The third kappa shape index (κ3) is 2.27. The van der Waals surface area contributed by atoms with Crippen LogP contribution in [0, 0.1) is 10.1 Å². The predicted octanol–water partition coefficient (Wildman–Crippen LogP) is 0.701. The second-order valence-corrected chi connectivity index (χ2v) is 2.42. The summed E-state index contributed by atoms with van der Waals surface area (Å²) in [6.45, 7) is -0.170. The molecule has 0 saturated heterocycles. The van der Waals surface area contributed by atoms with Gasteiger partial charge in [-0.05, 0) is 28.1 Å². The van der Waals surface area contributed by atoms with Gasteiger partial charge in [0.2, 0.25) is 5.75 Å². The lowest BCUT2D eigenvalue weighted by Gasteiger charge is -1.95. The summed E-state index contributed by atoms with van der Waals surface area (Å²) in [5, 5.41) is 27.9. The first-order chi connectivity index (χ1) is 6.65. The minimum Gasteiger partial charge on any atom is -0.501 e. The highest BCUT2D eigenvalue weighted by molar-refractivity contribution is 5.50. The lowest BCUT2D eigenvalue weighted by molar-refractivity contribution is -0.390. The number of rotatable bonds is 3. The Kier molecular flexibility index (Phi) is 3.14. The highest BCUT2D eigenvalue weighted by atomic mass is 16.6. The molecule has 14 heavy (non-hydrogen) atoms. The van der Waals surface area contributed by atoms with E-state index in [0.29, 0.717) is 5.69 Å². The Labute approximate surface area is 79.3 Å². The average Bonchev–Trinajstić information content (AvgIpc) is 2.16. The first-order valence-corrected chi connectivity index (χ1v) is 3.77. The molecule has 1 aromatic heterocycles. The Hall–Kier alpha value is -1.95. The summed E-state index contributed by atoms with van der Waals surface area (Å²) in [7, 11) is 0. The van der Waals surface area contributed by atoms with Gasteiger partial charge in [0, 0.05) is 0 Å². The van der Waals surface area contributed by atoms with Crippen LogP contribution in [0.4, 0.5) is 5.82 Å². The topological polar surface area (TPSA) is 96.5 Å². The molecule has 0 fully saturated rings. The van der Waals surface area contributed by atoms with Gasteiger partial charge in [-0.3, -0.25) is 0 Å². The van der Waals surface area contributed by atoms with Crippen molar-refractivity contribution in [2.75, 3.05) is 6.61 Å². The monoisotopic (exact) mass is 196 g/mol. The Morgan fingerprint density at radius 2 is 2.29 bits per heavy atom. The maximum Gasteiger partial charge on any atom is 0.406 e. The van der Waals surface area contributed by atoms with Gasteiger partial charge in [0.25, 0.3) is 0 Å². The summed E-state index contributed by atoms with van der Waals surface area (Å²) >= 11 is 0. The molecule has 0 spiro atoms. The summed E-state index contributed by atoms with van der Waals surface area (Å²) < 4.78 is 0. The molecule has 1 heterocycles. The van der Waals surface area contributed by atoms with Crippen LogP contribution in [0.2, 0.25) is 0 Å². The normalized spacial score (nSPS) is 10.6. The van der Waals surface area contributed by atoms with E-state index in [-0.39, 0.29) is 6.61 Å². The fourth-order valence-electron chi connectivity index (χ4n) is 0.856. The van der Waals surface area contributed by atoms with Crippen molar-refractivity contribution in [3.05, 3.63) is 34.0 Å². The number of hydrogen-bond donors (Lipinski definition) is 2. The molecule has 0 unspecified atom stereocenters. The van der Waals surface area contributed by atoms with Gasteiger partial charge in [0.15, 0.2) is 5.69 Å². The quantitative estimate of drug-likeness (QED) is 0.547. The summed E-state index contributed by atoms with van der Waals surface area (Å²) in [5.74, 6) is -1.07. The van der Waals surface area contributed by atoms with Crippen LogP contribution >= 0.6 is 0 Å². The molecule has 0 aliphatic carbocycles. The van der Waals surface area contributed by atoms with Crippen LogP contribution in [-0.4, -0.2) is 26.7 Å². The van der Waals surface area contributed by atoms with E-state index >= 15 is 0 Å². The minimum absolute atomic E-state index is 0.170. The summed E-state index contributed by atoms with van der Waals surface area (Å²) in [4.78, 5) is 13.1. The van der Waals surface area contributed by atoms with E-state index in [1.165, 1.54) is 24.3 Å². The highest BCUT2D eigenvalue weighted by Crippen LogP contribution is 2.22. The van der Waals surface area contributed by atoms with Crippen molar-refractivity contribution in [1.29, 1.82) is 0 Å². The van der Waals surface area contributed by atoms with Gasteiger partial charge >= 0.3 is 5.82 Å². The fraction of sp³-hybridized carbons (Fsp3) is 0.125. The number of hydrogen-bond acceptors (Lipinski definition) is 5. The van der Waals surface area contributed by atoms with E-state index in [1.807, 2.05) is 0 Å². The fourth-order valence-corrected chi connectivity index (χ4v) is 0.856. The molecule has 0 radical (unpaired) electrons. The van der Waals surface area contributed by atoms with Crippen LogP contribution in [0.15, 0.2) is 18.2 Å². The number of pyridine rings is 1. The summed E-state index contributed by atoms with van der Waals surface area (Å²) in [5.41, 5.74) is 0.309. The summed E-state index contributed by atoms with van der Waals surface area (Å²) in [6.07, 6.45) is 2.82. The second-order valence-electron chi connectivity index (χ2n) is 2.42. The zero-order valence-corrected chi connectivity index (χ0v) is 7.12. The Balaban J connectivity index is 3.06. The van der Waals surface area contributed by atoms with Gasteiger partial charge in [-0.15, -0.1) is 0 Å². The largest absolute Gasteiger partial charge is 0.501 e. The number of aliphatic hydroxyl groups excluding tert-OH is 1. The Morgan fingerprint density at radius 1 is 1.57 bits per heavy atom. The Bertz CT molecular complexity index is 376. The van der Waals surface area contributed by atoms with Crippen molar-refractivity contribution in [2.24, 2.45) is 0 Å². The molecular formula is C8H8N2O4. The molecule has 6 heteroatoms. The molecule has 74 valence electrons. The number of aromatic nitrogens is 1. The van der Waals surface area contributed by atoms with Crippen LogP contribution < -0.4 is 0 Å². The van der Waals surface area contributed by atoms with Gasteiger partial charge < -0.3 is 20.3 Å². The molecule has 1 rings (SSSR count). The molecule has 6 nitrogen and oxygen atoms in total. The maximum absolute atomic E-state index is 10.4. The van der Waals surface area contributed by atoms with E-state index in [9.17, 15) is 10.1 Å². The van der Waals surface area contributed by atoms with E-state index in [0.717, 1.165) is 0 Å². The molecule has 0 atom stereocenters. The third-order valence-electron chi connectivity index (χ3n) is 1.44. The van der Waals surface area contributed by atoms with E-state index in [2.05, 4.69) is 4.98 Å². The molecule has 0 saturated carbocycles. The zero-order valence-electron chi connectivity index (χ0n) is 7.12. The second kappa shape index (κ2) is 4.33. The molecule has 0 aromatic carbocycles. The van der Waals surface area contributed by atoms with Crippen molar-refractivity contribution >= 4 is 11.9 Å². The SMILES string of the molecule is O=[N+]([O-])c1nc(C=CCO)ccc1O. The lowest BCUT2D eigenvalue weighted by atomic mass is 10.3. The zero-order chi connectivity index (χ0) is 10.6. The molecule has 0 bridgehead atoms. The van der Waals surface area contributed by atoms with E-state index < -0.39 is 16.5 Å². The van der Waals surface area contributed by atoms with Crippen LogP contribution in [0.5, 0.6) is 5.75 Å². The van der Waals surface area contributed by atoms with E-state index in [1.54, 1.807) is 0 Å². The lowest BCUT2D eigenvalue weighted by Crippen LogP contribution is -1.94. The van der Waals surface area contributed by atoms with E-state index in [4.69, 9.17) is 10.2 Å². The predicted molar refractivity (Wildman–Crippen MR) is 48.7 cm³/mol. The smallest absolute Gasteiger partial charge is 0.406 e. The summed E-state index contributed by atoms with van der Waals surface area (Å²) in [6, 6.07) is 2.59. The van der Waals surface area contributed by atoms with Crippen LogP contribution in [-0.2, 0) is 0 Å². The minimum atomic E-state index is -0.772. The van der Waals surface area contributed by atoms with Gasteiger partial charge in [-0.1, -0.05) is 6.08 Å². The molecule has 0 aliphatic heterocycles. The van der Waals surface area contributed by atoms with Crippen molar-refractivity contribution in [2.45, 2.75) is 0 Å². The van der Waals surface area contributed by atoms with Crippen molar-refractivity contribution in [3.63, 3.8) is 0 Å². The molecule has 0 aliphatic rings. The average molecular weight is 196 g/mol. The molecular weight excluding hydrogens is 188 g/mol. The van der Waals surface area contributed by atoms with Crippen molar-refractivity contribution in [3.8, 4) is 5.75 Å². The van der Waals surface area contributed by atoms with Gasteiger partial charge in [-0.2, -0.15) is 0 Å². The first kappa shape index (κ1) is 10.1. The van der Waals surface area contributed by atoms with Gasteiger partial charge in [0.1, 0.15) is 0 Å². The van der Waals surface area contributed by atoms with Gasteiger partial charge in [0.05, 0.1) is 6.61 Å². The van der Waals surface area contributed by atoms with Crippen LogP contribution in [0.1, 0.15) is 5.69 Å².